The Morgan fingerprint density at radius 1 is 1.71 bits per heavy atom. The summed E-state index contributed by atoms with van der Waals surface area (Å²) in [5.41, 5.74) is 0.0796. The Morgan fingerprint density at radius 2 is 2.41 bits per heavy atom. The monoisotopic (exact) mass is 314 g/mol. The van der Waals surface area contributed by atoms with E-state index in [1.54, 1.807) is 18.5 Å². The van der Waals surface area contributed by atoms with E-state index in [0.29, 0.717) is 9.64 Å². The van der Waals surface area contributed by atoms with E-state index in [0.717, 1.165) is 0 Å². The van der Waals surface area contributed by atoms with Crippen LogP contribution in [-0.2, 0) is 0 Å². The first-order valence-electron chi connectivity index (χ1n) is 4.30. The molecule has 0 fully saturated rings. The van der Waals surface area contributed by atoms with Crippen LogP contribution in [0, 0.1) is 21.6 Å². The maximum Gasteiger partial charge on any atom is 0.296 e. The molecule has 0 atom stereocenters. The Balaban J connectivity index is 3.22. The van der Waals surface area contributed by atoms with Gasteiger partial charge in [0.1, 0.15) is 5.69 Å². The molecule has 0 bridgehead atoms. The lowest BCUT2D eigenvalue weighted by Gasteiger charge is -2.01. The van der Waals surface area contributed by atoms with E-state index in [1.165, 1.54) is 23.9 Å². The van der Waals surface area contributed by atoms with Crippen molar-refractivity contribution in [2.75, 3.05) is 6.26 Å². The van der Waals surface area contributed by atoms with E-state index in [-0.39, 0.29) is 11.4 Å². The summed E-state index contributed by atoms with van der Waals surface area (Å²) in [6, 6.07) is 4.52. The minimum Gasteiger partial charge on any atom is -0.271 e. The number of nitriles is 1. The standard InChI is InChI=1S/C9H7BrN4O2S/c1-17-9(12-5-11)13-7-3-2-6(10)4-8(7)14(15)16/h2-4H,1H3,(H,12,13). The molecule has 1 aromatic rings. The zero-order valence-electron chi connectivity index (χ0n) is 8.68. The molecule has 1 N–H and O–H groups in total. The number of hydrogen-bond donors (Lipinski definition) is 1. The molecule has 88 valence electrons. The van der Waals surface area contributed by atoms with Gasteiger partial charge in [0.15, 0.2) is 11.4 Å². The summed E-state index contributed by atoms with van der Waals surface area (Å²) in [5, 5.41) is 21.9. The smallest absolute Gasteiger partial charge is 0.271 e. The second kappa shape index (κ2) is 6.22. The molecule has 17 heavy (non-hydrogen) atoms. The average Bonchev–Trinajstić information content (AvgIpc) is 2.30. The Labute approximate surface area is 110 Å². The van der Waals surface area contributed by atoms with Gasteiger partial charge in [-0.05, 0) is 18.4 Å². The van der Waals surface area contributed by atoms with Crippen molar-refractivity contribution in [3.05, 3.63) is 32.8 Å². The average molecular weight is 315 g/mol. The van der Waals surface area contributed by atoms with E-state index < -0.39 is 4.92 Å². The second-order valence-corrected chi connectivity index (χ2v) is 4.46. The minimum atomic E-state index is -0.520. The lowest BCUT2D eigenvalue weighted by Crippen LogP contribution is -2.12. The molecule has 0 aliphatic heterocycles. The lowest BCUT2D eigenvalue weighted by molar-refractivity contribution is -0.384. The van der Waals surface area contributed by atoms with Gasteiger partial charge < -0.3 is 0 Å². The molecule has 0 saturated carbocycles. The molecule has 0 unspecified atom stereocenters. The Morgan fingerprint density at radius 3 is 2.94 bits per heavy atom. The number of nitrogens with zero attached hydrogens (tertiary/aromatic N) is 3. The summed E-state index contributed by atoms with van der Waals surface area (Å²) in [6.07, 6.45) is 3.43. The van der Waals surface area contributed by atoms with Crippen molar-refractivity contribution in [2.24, 2.45) is 4.99 Å². The van der Waals surface area contributed by atoms with Crippen LogP contribution in [0.3, 0.4) is 0 Å². The Hall–Kier alpha value is -1.59. The van der Waals surface area contributed by atoms with Gasteiger partial charge >= 0.3 is 0 Å². The Bertz CT molecular complexity index is 512. The summed E-state index contributed by atoms with van der Waals surface area (Å²) in [7, 11) is 0. The fourth-order valence-corrected chi connectivity index (χ4v) is 1.71. The van der Waals surface area contributed by atoms with Crippen LogP contribution < -0.4 is 5.32 Å². The van der Waals surface area contributed by atoms with Crippen LogP contribution in [0.5, 0.6) is 0 Å². The van der Waals surface area contributed by atoms with Gasteiger partial charge in [0.2, 0.25) is 0 Å². The number of benzene rings is 1. The van der Waals surface area contributed by atoms with E-state index in [4.69, 9.17) is 5.26 Å². The van der Waals surface area contributed by atoms with Crippen LogP contribution in [-0.4, -0.2) is 16.3 Å². The summed E-state index contributed by atoms with van der Waals surface area (Å²) in [4.78, 5) is 14.3. The highest BCUT2D eigenvalue weighted by Gasteiger charge is 2.14. The fraction of sp³-hybridized carbons (Fsp3) is 0.111. The number of amidine groups is 1. The highest BCUT2D eigenvalue weighted by atomic mass is 79.9. The third kappa shape index (κ3) is 3.72. The molecule has 0 spiro atoms. The number of aliphatic imine (C=N–C) groups is 1. The molecule has 0 radical (unpaired) electrons. The van der Waals surface area contributed by atoms with Crippen LogP contribution >= 0.6 is 27.7 Å². The summed E-state index contributed by atoms with van der Waals surface area (Å²) in [6.45, 7) is 0. The van der Waals surface area contributed by atoms with Gasteiger partial charge in [0.05, 0.1) is 4.92 Å². The number of nitro groups is 1. The van der Waals surface area contributed by atoms with Gasteiger partial charge in [0.25, 0.3) is 5.69 Å². The largest absolute Gasteiger partial charge is 0.296 e. The second-order valence-electron chi connectivity index (χ2n) is 2.75. The van der Waals surface area contributed by atoms with E-state index >= 15 is 0 Å². The number of rotatable bonds is 2. The first-order valence-corrected chi connectivity index (χ1v) is 6.32. The molecule has 8 heteroatoms. The van der Waals surface area contributed by atoms with Crippen LogP contribution in [0.25, 0.3) is 0 Å². The third-order valence-electron chi connectivity index (χ3n) is 1.71. The van der Waals surface area contributed by atoms with Crippen molar-refractivity contribution in [1.82, 2.24) is 5.32 Å². The van der Waals surface area contributed by atoms with Gasteiger partial charge in [-0.3, -0.25) is 15.4 Å². The topological polar surface area (TPSA) is 91.3 Å². The number of thioether (sulfide) groups is 1. The molecule has 1 rings (SSSR count). The maximum absolute atomic E-state index is 10.8. The minimum absolute atomic E-state index is 0.120. The van der Waals surface area contributed by atoms with E-state index in [2.05, 4.69) is 26.2 Å². The molecular weight excluding hydrogens is 308 g/mol. The van der Waals surface area contributed by atoms with Gasteiger partial charge in [0, 0.05) is 10.5 Å². The van der Waals surface area contributed by atoms with E-state index in [9.17, 15) is 10.1 Å². The maximum atomic E-state index is 10.8. The quantitative estimate of drug-likeness (QED) is 0.226. The first kappa shape index (κ1) is 13.5. The molecule has 1 aromatic carbocycles. The van der Waals surface area contributed by atoms with Crippen LogP contribution in [0.15, 0.2) is 27.7 Å². The molecule has 6 nitrogen and oxygen atoms in total. The molecule has 0 aliphatic rings. The number of hydrogen-bond acceptors (Lipinski definition) is 5. The predicted molar refractivity (Wildman–Crippen MR) is 70.2 cm³/mol. The third-order valence-corrected chi connectivity index (χ3v) is 2.79. The Kier molecular flexibility index (Phi) is 4.93. The van der Waals surface area contributed by atoms with Gasteiger partial charge in [-0.25, -0.2) is 4.99 Å². The normalized spacial score (nSPS) is 10.8. The van der Waals surface area contributed by atoms with Crippen molar-refractivity contribution >= 4 is 44.2 Å². The van der Waals surface area contributed by atoms with Crippen LogP contribution in [0.2, 0.25) is 0 Å². The number of nitrogens with one attached hydrogen (secondary N) is 1. The molecule has 0 aliphatic carbocycles. The van der Waals surface area contributed by atoms with Crippen molar-refractivity contribution in [3.63, 3.8) is 0 Å². The van der Waals surface area contributed by atoms with Crippen molar-refractivity contribution in [2.45, 2.75) is 0 Å². The van der Waals surface area contributed by atoms with Gasteiger partial charge in [-0.2, -0.15) is 5.26 Å². The predicted octanol–water partition coefficient (Wildman–Crippen LogP) is 2.78. The van der Waals surface area contributed by atoms with Crippen molar-refractivity contribution in [3.8, 4) is 6.19 Å². The lowest BCUT2D eigenvalue weighted by atomic mass is 10.3. The van der Waals surface area contributed by atoms with Crippen LogP contribution in [0.1, 0.15) is 0 Å². The zero-order chi connectivity index (χ0) is 12.8. The molecule has 0 heterocycles. The summed E-state index contributed by atoms with van der Waals surface area (Å²) in [5.74, 6) is 0. The summed E-state index contributed by atoms with van der Waals surface area (Å²) < 4.78 is 0.599. The fourth-order valence-electron chi connectivity index (χ4n) is 1.02. The van der Waals surface area contributed by atoms with Crippen LogP contribution in [0.4, 0.5) is 11.4 Å². The van der Waals surface area contributed by atoms with Gasteiger partial charge in [-0.1, -0.05) is 27.7 Å². The summed E-state index contributed by atoms with van der Waals surface area (Å²) >= 11 is 4.35. The number of halogens is 1. The van der Waals surface area contributed by atoms with Gasteiger partial charge in [-0.15, -0.1) is 0 Å². The molecule has 0 amide bonds. The van der Waals surface area contributed by atoms with E-state index in [1.807, 2.05) is 0 Å². The highest BCUT2D eigenvalue weighted by Crippen LogP contribution is 2.30. The molecule has 0 saturated heterocycles. The van der Waals surface area contributed by atoms with Crippen molar-refractivity contribution < 1.29 is 4.92 Å². The zero-order valence-corrected chi connectivity index (χ0v) is 11.1. The number of nitro benzene ring substituents is 1. The highest BCUT2D eigenvalue weighted by molar-refractivity contribution is 9.10. The molecule has 0 aromatic heterocycles. The molecular formula is C9H7BrN4O2S. The van der Waals surface area contributed by atoms with Crippen molar-refractivity contribution in [1.29, 1.82) is 5.26 Å². The SMILES string of the molecule is CSC(=Nc1ccc(Br)cc1[N+](=O)[O-])NC#N. The first-order chi connectivity index (χ1) is 8.08.